The number of carbonyl (C=O) groups is 2. The predicted octanol–water partition coefficient (Wildman–Crippen LogP) is 3.94. The van der Waals surface area contributed by atoms with Crippen molar-refractivity contribution in [3.8, 4) is 0 Å². The third-order valence-corrected chi connectivity index (χ3v) is 6.12. The van der Waals surface area contributed by atoms with Crippen molar-refractivity contribution < 1.29 is 14.0 Å². The van der Waals surface area contributed by atoms with Crippen LogP contribution in [0.25, 0.3) is 5.57 Å². The number of amides is 2. The van der Waals surface area contributed by atoms with Crippen LogP contribution in [0.5, 0.6) is 0 Å². The molecule has 1 N–H and O–H groups in total. The van der Waals surface area contributed by atoms with E-state index in [1.807, 2.05) is 30.3 Å². The van der Waals surface area contributed by atoms with Crippen molar-refractivity contribution in [2.45, 2.75) is 23.0 Å². The lowest BCUT2D eigenvalue weighted by molar-refractivity contribution is -0.132. The SMILES string of the molecule is O=C1Nc2ccccc2SC1CC(=O)N1CC=C(c2ccc(F)cc2)CC1. The molecule has 0 saturated carbocycles. The van der Waals surface area contributed by atoms with Crippen LogP contribution < -0.4 is 5.32 Å². The van der Waals surface area contributed by atoms with E-state index in [4.69, 9.17) is 0 Å². The zero-order chi connectivity index (χ0) is 18.8. The van der Waals surface area contributed by atoms with Gasteiger partial charge in [0.2, 0.25) is 11.8 Å². The van der Waals surface area contributed by atoms with E-state index < -0.39 is 5.25 Å². The Labute approximate surface area is 161 Å². The normalized spacial score (nSPS) is 19.1. The molecule has 2 aromatic rings. The number of nitrogens with one attached hydrogen (secondary N) is 1. The largest absolute Gasteiger partial charge is 0.339 e. The van der Waals surface area contributed by atoms with Gasteiger partial charge in [-0.3, -0.25) is 9.59 Å². The fourth-order valence-electron chi connectivity index (χ4n) is 3.34. The number of benzene rings is 2. The van der Waals surface area contributed by atoms with E-state index >= 15 is 0 Å². The third kappa shape index (κ3) is 3.90. The van der Waals surface area contributed by atoms with Crippen molar-refractivity contribution in [3.63, 3.8) is 0 Å². The molecule has 2 aliphatic rings. The molecular formula is C21H19FN2O2S. The summed E-state index contributed by atoms with van der Waals surface area (Å²) in [6, 6.07) is 14.0. The average Bonchev–Trinajstić information content (AvgIpc) is 2.69. The second kappa shape index (κ2) is 7.56. The zero-order valence-electron chi connectivity index (χ0n) is 14.7. The molecule has 2 aromatic carbocycles. The highest BCUT2D eigenvalue weighted by atomic mass is 32.2. The van der Waals surface area contributed by atoms with Gasteiger partial charge in [-0.15, -0.1) is 11.8 Å². The van der Waals surface area contributed by atoms with Crippen LogP contribution in [0.4, 0.5) is 10.1 Å². The molecule has 0 aliphatic carbocycles. The maximum Gasteiger partial charge on any atom is 0.238 e. The van der Waals surface area contributed by atoms with Gasteiger partial charge in [-0.25, -0.2) is 4.39 Å². The van der Waals surface area contributed by atoms with Crippen molar-refractivity contribution in [2.75, 3.05) is 18.4 Å². The summed E-state index contributed by atoms with van der Waals surface area (Å²) in [6.07, 6.45) is 2.92. The Kier molecular flexibility index (Phi) is 4.99. The predicted molar refractivity (Wildman–Crippen MR) is 105 cm³/mol. The van der Waals surface area contributed by atoms with Gasteiger partial charge in [0.05, 0.1) is 10.9 Å². The van der Waals surface area contributed by atoms with Gasteiger partial charge in [0.25, 0.3) is 0 Å². The molecule has 6 heteroatoms. The molecule has 27 heavy (non-hydrogen) atoms. The number of para-hydroxylation sites is 1. The second-order valence-electron chi connectivity index (χ2n) is 6.62. The number of anilines is 1. The van der Waals surface area contributed by atoms with Crippen LogP contribution in [0.1, 0.15) is 18.4 Å². The first-order valence-corrected chi connectivity index (χ1v) is 9.77. The Bertz CT molecular complexity index is 911. The van der Waals surface area contributed by atoms with Crippen LogP contribution in [0.3, 0.4) is 0 Å². The highest BCUT2D eigenvalue weighted by molar-refractivity contribution is 8.01. The number of halogens is 1. The van der Waals surface area contributed by atoms with Crippen molar-refractivity contribution in [2.24, 2.45) is 0 Å². The molecule has 1 unspecified atom stereocenters. The molecule has 0 radical (unpaired) electrons. The van der Waals surface area contributed by atoms with Gasteiger partial charge in [-0.2, -0.15) is 0 Å². The van der Waals surface area contributed by atoms with Crippen molar-refractivity contribution in [3.05, 3.63) is 66.0 Å². The van der Waals surface area contributed by atoms with Crippen LogP contribution in [-0.2, 0) is 9.59 Å². The summed E-state index contributed by atoms with van der Waals surface area (Å²) in [5.74, 6) is -0.389. The number of hydrogen-bond donors (Lipinski definition) is 1. The lowest BCUT2D eigenvalue weighted by atomic mass is 9.99. The Balaban J connectivity index is 1.38. The van der Waals surface area contributed by atoms with Crippen LogP contribution in [0.2, 0.25) is 0 Å². The third-order valence-electron chi connectivity index (χ3n) is 4.84. The molecule has 2 aliphatic heterocycles. The average molecular weight is 382 g/mol. The summed E-state index contributed by atoms with van der Waals surface area (Å²) in [7, 11) is 0. The van der Waals surface area contributed by atoms with E-state index in [0.29, 0.717) is 13.1 Å². The molecule has 0 fully saturated rings. The number of nitrogens with zero attached hydrogens (tertiary/aromatic N) is 1. The van der Waals surface area contributed by atoms with Gasteiger partial charge in [-0.1, -0.05) is 30.3 Å². The minimum absolute atomic E-state index is 0.0172. The second-order valence-corrected chi connectivity index (χ2v) is 7.87. The highest BCUT2D eigenvalue weighted by Gasteiger charge is 2.30. The monoisotopic (exact) mass is 382 g/mol. The number of rotatable bonds is 3. The maximum absolute atomic E-state index is 13.1. The standard InChI is InChI=1S/C21H19FN2O2S/c22-16-7-5-14(6-8-16)15-9-11-24(12-10-15)20(25)13-19-21(26)23-17-3-1-2-4-18(17)27-19/h1-9,19H,10-13H2,(H,23,26). The lowest BCUT2D eigenvalue weighted by Crippen LogP contribution is -2.39. The zero-order valence-corrected chi connectivity index (χ0v) is 15.5. The first kappa shape index (κ1) is 17.8. The van der Waals surface area contributed by atoms with Gasteiger partial charge in [0, 0.05) is 24.4 Å². The van der Waals surface area contributed by atoms with Crippen LogP contribution >= 0.6 is 11.8 Å². The van der Waals surface area contributed by atoms with Crippen molar-refractivity contribution in [1.29, 1.82) is 0 Å². The molecule has 2 amide bonds. The first-order valence-electron chi connectivity index (χ1n) is 8.89. The van der Waals surface area contributed by atoms with Gasteiger partial charge in [0.15, 0.2) is 0 Å². The molecule has 4 nitrogen and oxygen atoms in total. The Hall–Kier alpha value is -2.60. The summed E-state index contributed by atoms with van der Waals surface area (Å²) in [6.45, 7) is 1.12. The fraction of sp³-hybridized carbons (Fsp3) is 0.238. The molecule has 0 aromatic heterocycles. The van der Waals surface area contributed by atoms with Gasteiger partial charge in [0.1, 0.15) is 5.82 Å². The van der Waals surface area contributed by atoms with E-state index in [0.717, 1.165) is 28.1 Å². The maximum atomic E-state index is 13.1. The topological polar surface area (TPSA) is 49.4 Å². The molecule has 1 atom stereocenters. The number of fused-ring (bicyclic) bond motifs is 1. The van der Waals surface area contributed by atoms with E-state index in [1.165, 1.54) is 23.9 Å². The van der Waals surface area contributed by atoms with Gasteiger partial charge < -0.3 is 10.2 Å². The van der Waals surface area contributed by atoms with Crippen LogP contribution in [-0.4, -0.2) is 35.1 Å². The summed E-state index contributed by atoms with van der Waals surface area (Å²) < 4.78 is 13.1. The van der Waals surface area contributed by atoms with E-state index in [9.17, 15) is 14.0 Å². The quantitative estimate of drug-likeness (QED) is 0.875. The summed E-state index contributed by atoms with van der Waals surface area (Å²) in [5.41, 5.74) is 2.92. The molecular weight excluding hydrogens is 363 g/mol. The first-order chi connectivity index (χ1) is 13.1. The highest BCUT2D eigenvalue weighted by Crippen LogP contribution is 2.37. The van der Waals surface area contributed by atoms with Crippen molar-refractivity contribution >= 4 is 34.8 Å². The smallest absolute Gasteiger partial charge is 0.238 e. The van der Waals surface area contributed by atoms with Crippen molar-refractivity contribution in [1.82, 2.24) is 4.90 Å². The summed E-state index contributed by atoms with van der Waals surface area (Å²) >= 11 is 1.45. The molecule has 0 bridgehead atoms. The minimum atomic E-state index is -0.408. The van der Waals surface area contributed by atoms with E-state index in [2.05, 4.69) is 5.32 Å². The van der Waals surface area contributed by atoms with Crippen LogP contribution in [0, 0.1) is 5.82 Å². The molecule has 138 valence electrons. The molecule has 0 saturated heterocycles. The Morgan fingerprint density at radius 3 is 2.70 bits per heavy atom. The Morgan fingerprint density at radius 2 is 1.96 bits per heavy atom. The number of thioether (sulfide) groups is 1. The fourth-order valence-corrected chi connectivity index (χ4v) is 4.44. The molecule has 2 heterocycles. The Morgan fingerprint density at radius 1 is 1.19 bits per heavy atom. The van der Waals surface area contributed by atoms with E-state index in [1.54, 1.807) is 17.0 Å². The molecule has 4 rings (SSSR count). The number of carbonyl (C=O) groups excluding carboxylic acids is 2. The van der Waals surface area contributed by atoms with Gasteiger partial charge >= 0.3 is 0 Å². The van der Waals surface area contributed by atoms with Gasteiger partial charge in [-0.05, 0) is 41.8 Å². The van der Waals surface area contributed by atoms with Crippen LogP contribution in [0.15, 0.2) is 59.5 Å². The lowest BCUT2D eigenvalue weighted by Gasteiger charge is -2.29. The summed E-state index contributed by atoms with van der Waals surface area (Å²) in [5, 5.41) is 2.47. The molecule has 0 spiro atoms. The van der Waals surface area contributed by atoms with E-state index in [-0.39, 0.29) is 24.1 Å². The summed E-state index contributed by atoms with van der Waals surface area (Å²) in [4.78, 5) is 27.7. The minimum Gasteiger partial charge on any atom is -0.339 e. The number of hydrogen-bond acceptors (Lipinski definition) is 3.